The predicted octanol–water partition coefficient (Wildman–Crippen LogP) is 4.32. The van der Waals surface area contributed by atoms with Gasteiger partial charge in [-0.15, -0.1) is 22.7 Å². The lowest BCUT2D eigenvalue weighted by Crippen LogP contribution is -2.26. The lowest BCUT2D eigenvalue weighted by Gasteiger charge is -2.19. The Morgan fingerprint density at radius 2 is 2.04 bits per heavy atom. The van der Waals surface area contributed by atoms with Crippen LogP contribution in [-0.2, 0) is 10.0 Å². The van der Waals surface area contributed by atoms with Crippen LogP contribution < -0.4 is 4.31 Å². The van der Waals surface area contributed by atoms with Gasteiger partial charge in [0.25, 0.3) is 10.0 Å². The number of hydrogen-bond donors (Lipinski definition) is 1. The number of nitrogens with zero attached hydrogens (tertiary/aromatic N) is 2. The molecule has 0 unspecified atom stereocenters. The van der Waals surface area contributed by atoms with Crippen LogP contribution >= 0.6 is 22.7 Å². The number of fused-ring (bicyclic) bond motifs is 1. The van der Waals surface area contributed by atoms with E-state index in [0.29, 0.717) is 27.3 Å². The normalized spacial score (nSPS) is 11.9. The van der Waals surface area contributed by atoms with Crippen LogP contribution in [-0.4, -0.2) is 25.4 Å². The molecule has 0 aliphatic carbocycles. The minimum atomic E-state index is -3.70. The lowest BCUT2D eigenvalue weighted by molar-refractivity contribution is 0.596. The van der Waals surface area contributed by atoms with Gasteiger partial charge in [0.2, 0.25) is 0 Å². The molecule has 0 amide bonds. The van der Waals surface area contributed by atoms with E-state index in [0.717, 1.165) is 11.3 Å². The zero-order valence-corrected chi connectivity index (χ0v) is 15.4. The molecule has 0 radical (unpaired) electrons. The number of H-pyrrole nitrogens is 1. The number of thiophene rings is 1. The number of anilines is 1. The summed E-state index contributed by atoms with van der Waals surface area (Å²) < 4.78 is 41.2. The highest BCUT2D eigenvalue weighted by atomic mass is 32.2. The molecular weight excluding hydrogens is 381 g/mol. The predicted molar refractivity (Wildman–Crippen MR) is 99.3 cm³/mol. The van der Waals surface area contributed by atoms with Crippen molar-refractivity contribution in [1.82, 2.24) is 9.97 Å². The van der Waals surface area contributed by atoms with Crippen LogP contribution in [0.5, 0.6) is 0 Å². The smallest absolute Gasteiger partial charge is 0.273 e. The molecule has 3 aromatic heterocycles. The number of halogens is 1. The molecule has 1 N–H and O–H groups in total. The van der Waals surface area contributed by atoms with Gasteiger partial charge in [-0.2, -0.15) is 0 Å². The highest BCUT2D eigenvalue weighted by molar-refractivity contribution is 7.94. The van der Waals surface area contributed by atoms with Gasteiger partial charge in [0, 0.05) is 24.0 Å². The largest absolute Gasteiger partial charge is 0.351 e. The topological polar surface area (TPSA) is 66.1 Å². The molecule has 3 heterocycles. The van der Waals surface area contributed by atoms with Gasteiger partial charge in [0.15, 0.2) is 0 Å². The van der Waals surface area contributed by atoms with E-state index >= 15 is 0 Å². The SMILES string of the molecule is CN(c1ccc(F)c2cc(-c3nccs3)[nH]c12)S(=O)(=O)c1cccs1. The Labute approximate surface area is 151 Å². The second kappa shape index (κ2) is 5.94. The Balaban J connectivity index is 1.89. The van der Waals surface area contributed by atoms with Crippen LogP contribution in [0.15, 0.2) is 51.5 Å². The fraction of sp³-hybridized carbons (Fsp3) is 0.0625. The van der Waals surface area contributed by atoms with Crippen molar-refractivity contribution in [2.45, 2.75) is 4.21 Å². The average molecular weight is 393 g/mol. The van der Waals surface area contributed by atoms with Gasteiger partial charge < -0.3 is 4.98 Å². The van der Waals surface area contributed by atoms with Crippen molar-refractivity contribution in [3.63, 3.8) is 0 Å². The van der Waals surface area contributed by atoms with Gasteiger partial charge in [0.05, 0.1) is 16.9 Å². The van der Waals surface area contributed by atoms with Gasteiger partial charge in [-0.3, -0.25) is 4.31 Å². The van der Waals surface area contributed by atoms with Crippen LogP contribution in [0, 0.1) is 5.82 Å². The monoisotopic (exact) mass is 393 g/mol. The average Bonchev–Trinajstić information content (AvgIpc) is 3.33. The van der Waals surface area contributed by atoms with Crippen molar-refractivity contribution >= 4 is 49.3 Å². The summed E-state index contributed by atoms with van der Waals surface area (Å²) in [5.41, 5.74) is 1.46. The number of aromatic amines is 1. The van der Waals surface area contributed by atoms with Crippen molar-refractivity contribution in [3.8, 4) is 10.7 Å². The maximum Gasteiger partial charge on any atom is 0.273 e. The third-order valence-corrected chi connectivity index (χ3v) is 7.78. The first-order valence-corrected chi connectivity index (χ1v) is 10.4. The molecule has 5 nitrogen and oxygen atoms in total. The number of rotatable bonds is 4. The van der Waals surface area contributed by atoms with Gasteiger partial charge in [0.1, 0.15) is 15.0 Å². The molecule has 4 aromatic rings. The molecule has 0 bridgehead atoms. The number of benzene rings is 1. The van der Waals surface area contributed by atoms with Crippen molar-refractivity contribution in [2.24, 2.45) is 0 Å². The summed E-state index contributed by atoms with van der Waals surface area (Å²) in [5, 5.41) is 4.57. The molecule has 0 saturated carbocycles. The number of thiazole rings is 1. The Hall–Kier alpha value is -2.23. The van der Waals surface area contributed by atoms with Gasteiger partial charge in [-0.25, -0.2) is 17.8 Å². The van der Waals surface area contributed by atoms with Crippen molar-refractivity contribution in [3.05, 3.63) is 53.1 Å². The fourth-order valence-corrected chi connectivity index (χ4v) is 5.56. The van der Waals surface area contributed by atoms with Crippen LogP contribution in [0.2, 0.25) is 0 Å². The molecule has 0 aliphatic heterocycles. The summed E-state index contributed by atoms with van der Waals surface area (Å²) in [6.07, 6.45) is 1.66. The quantitative estimate of drug-likeness (QED) is 0.562. The van der Waals surface area contributed by atoms with Crippen molar-refractivity contribution in [2.75, 3.05) is 11.4 Å². The Bertz CT molecular complexity index is 1130. The second-order valence-corrected chi connectivity index (χ2v) is 9.32. The summed E-state index contributed by atoms with van der Waals surface area (Å²) in [6.45, 7) is 0. The number of nitrogens with one attached hydrogen (secondary N) is 1. The zero-order chi connectivity index (χ0) is 17.6. The summed E-state index contributed by atoms with van der Waals surface area (Å²) in [6, 6.07) is 7.62. The molecule has 0 fully saturated rings. The lowest BCUT2D eigenvalue weighted by atomic mass is 10.2. The first kappa shape index (κ1) is 16.2. The maximum atomic E-state index is 14.3. The maximum absolute atomic E-state index is 14.3. The van der Waals surface area contributed by atoms with Crippen LogP contribution in [0.25, 0.3) is 21.6 Å². The number of aromatic nitrogens is 2. The molecule has 128 valence electrons. The first-order valence-electron chi connectivity index (χ1n) is 7.22. The summed E-state index contributed by atoms with van der Waals surface area (Å²) in [7, 11) is -2.24. The zero-order valence-electron chi connectivity index (χ0n) is 12.9. The second-order valence-electron chi connectivity index (χ2n) is 5.28. The Morgan fingerprint density at radius 3 is 2.72 bits per heavy atom. The molecule has 25 heavy (non-hydrogen) atoms. The standard InChI is InChI=1S/C16H12FN3O2S3/c1-20(25(21,22)14-3-2-7-23-14)13-5-4-11(17)10-9-12(19-15(10)13)16-18-6-8-24-16/h2-9,19H,1H3. The first-order chi connectivity index (χ1) is 12.0. The Kier molecular flexibility index (Phi) is 3.86. The van der Waals surface area contributed by atoms with E-state index in [9.17, 15) is 12.8 Å². The Morgan fingerprint density at radius 1 is 1.20 bits per heavy atom. The summed E-state index contributed by atoms with van der Waals surface area (Å²) in [4.78, 5) is 7.32. The summed E-state index contributed by atoms with van der Waals surface area (Å²) in [5.74, 6) is -0.417. The summed E-state index contributed by atoms with van der Waals surface area (Å²) >= 11 is 2.56. The van der Waals surface area contributed by atoms with Crippen molar-refractivity contribution in [1.29, 1.82) is 0 Å². The highest BCUT2D eigenvalue weighted by Gasteiger charge is 2.25. The van der Waals surface area contributed by atoms with E-state index in [1.54, 1.807) is 29.8 Å². The molecule has 4 rings (SSSR count). The van der Waals surface area contributed by atoms with Crippen molar-refractivity contribution < 1.29 is 12.8 Å². The minimum absolute atomic E-state index is 0.235. The van der Waals surface area contributed by atoms with Gasteiger partial charge >= 0.3 is 0 Å². The van der Waals surface area contributed by atoms with E-state index in [1.165, 1.54) is 34.8 Å². The van der Waals surface area contributed by atoms with E-state index in [4.69, 9.17) is 0 Å². The molecule has 0 saturated heterocycles. The molecule has 9 heteroatoms. The molecule has 0 aliphatic rings. The highest BCUT2D eigenvalue weighted by Crippen LogP contribution is 2.35. The van der Waals surface area contributed by atoms with E-state index in [2.05, 4.69) is 9.97 Å². The van der Waals surface area contributed by atoms with Crippen LogP contribution in [0.4, 0.5) is 10.1 Å². The fourth-order valence-electron chi connectivity index (χ4n) is 2.58. The molecule has 0 spiro atoms. The van der Waals surface area contributed by atoms with Crippen LogP contribution in [0.1, 0.15) is 0 Å². The van der Waals surface area contributed by atoms with Gasteiger partial charge in [-0.05, 0) is 29.6 Å². The molecule has 0 atom stereocenters. The van der Waals surface area contributed by atoms with Crippen LogP contribution in [0.3, 0.4) is 0 Å². The van der Waals surface area contributed by atoms with E-state index in [1.807, 2.05) is 5.38 Å². The third-order valence-electron chi connectivity index (χ3n) is 3.83. The number of hydrogen-bond acceptors (Lipinski definition) is 5. The minimum Gasteiger partial charge on any atom is -0.351 e. The molecular formula is C16H12FN3O2S3. The number of sulfonamides is 1. The third kappa shape index (κ3) is 2.64. The van der Waals surface area contributed by atoms with E-state index in [-0.39, 0.29) is 4.21 Å². The van der Waals surface area contributed by atoms with E-state index < -0.39 is 15.8 Å². The van der Waals surface area contributed by atoms with Gasteiger partial charge in [-0.1, -0.05) is 6.07 Å². The molecule has 1 aromatic carbocycles.